The maximum Gasteiger partial charge on any atom is 0.319 e. The molecule has 2 amide bonds. The number of carbonyl (C=O) groups excluding carboxylic acids is 1. The fraction of sp³-hybridized carbons (Fsp3) is 0.917. The molecule has 0 aliphatic carbocycles. The van der Waals surface area contributed by atoms with Gasteiger partial charge in [0.1, 0.15) is 0 Å². The second-order valence-corrected chi connectivity index (χ2v) is 4.96. The van der Waals surface area contributed by atoms with Gasteiger partial charge in [-0.15, -0.1) is 0 Å². The largest absolute Gasteiger partial charge is 0.327 e. The summed E-state index contributed by atoms with van der Waals surface area (Å²) >= 11 is 0. The molecule has 0 saturated carbocycles. The number of likely N-dealkylation sites (tertiary alicyclic amines) is 1. The summed E-state index contributed by atoms with van der Waals surface area (Å²) in [6.45, 7) is 7.04. The fourth-order valence-corrected chi connectivity index (χ4v) is 2.13. The first-order valence-corrected chi connectivity index (χ1v) is 6.11. The van der Waals surface area contributed by atoms with E-state index >= 15 is 0 Å². The van der Waals surface area contributed by atoms with E-state index in [-0.39, 0.29) is 6.03 Å². The molecule has 88 valence electrons. The third kappa shape index (κ3) is 4.10. The van der Waals surface area contributed by atoms with E-state index in [1.54, 1.807) is 0 Å². The van der Waals surface area contributed by atoms with Gasteiger partial charge in [0.05, 0.1) is 0 Å². The quantitative estimate of drug-likeness (QED) is 0.690. The Bertz CT molecular complexity index is 196. The molecule has 1 aliphatic heterocycles. The smallest absolute Gasteiger partial charge is 0.319 e. The number of carbonyl (C=O) groups is 1. The van der Waals surface area contributed by atoms with Gasteiger partial charge in [0.15, 0.2) is 0 Å². The van der Waals surface area contributed by atoms with Gasteiger partial charge in [-0.3, -0.25) is 0 Å². The van der Waals surface area contributed by atoms with Gasteiger partial charge < -0.3 is 9.80 Å². The number of rotatable bonds is 2. The molecule has 3 heteroatoms. The SMILES string of the molecule is CC(C)CN(C)C(=O)N1CCCCCC1. The molecule has 1 aliphatic rings. The van der Waals surface area contributed by atoms with Crippen LogP contribution in [0.3, 0.4) is 0 Å². The van der Waals surface area contributed by atoms with Crippen LogP contribution in [-0.2, 0) is 0 Å². The summed E-state index contributed by atoms with van der Waals surface area (Å²) in [6, 6.07) is 0.214. The molecule has 0 atom stereocenters. The summed E-state index contributed by atoms with van der Waals surface area (Å²) in [5, 5.41) is 0. The van der Waals surface area contributed by atoms with Gasteiger partial charge in [-0.05, 0) is 18.8 Å². The third-order valence-corrected chi connectivity index (χ3v) is 2.84. The summed E-state index contributed by atoms with van der Waals surface area (Å²) in [4.78, 5) is 15.9. The van der Waals surface area contributed by atoms with Gasteiger partial charge in [-0.2, -0.15) is 0 Å². The zero-order valence-electron chi connectivity index (χ0n) is 10.3. The van der Waals surface area contributed by atoms with Gasteiger partial charge in [0.25, 0.3) is 0 Å². The van der Waals surface area contributed by atoms with Crippen molar-refractivity contribution in [1.29, 1.82) is 0 Å². The highest BCUT2D eigenvalue weighted by Crippen LogP contribution is 2.11. The first kappa shape index (κ1) is 12.3. The molecule has 1 heterocycles. The van der Waals surface area contributed by atoms with E-state index < -0.39 is 0 Å². The molecule has 15 heavy (non-hydrogen) atoms. The van der Waals surface area contributed by atoms with E-state index in [1.165, 1.54) is 25.7 Å². The lowest BCUT2D eigenvalue weighted by Crippen LogP contribution is -2.42. The first-order chi connectivity index (χ1) is 7.11. The predicted molar refractivity (Wildman–Crippen MR) is 62.9 cm³/mol. The van der Waals surface area contributed by atoms with E-state index in [4.69, 9.17) is 0 Å². The fourth-order valence-electron chi connectivity index (χ4n) is 2.13. The molecule has 1 rings (SSSR count). The van der Waals surface area contributed by atoms with E-state index in [0.717, 1.165) is 19.6 Å². The van der Waals surface area contributed by atoms with Crippen molar-refractivity contribution in [3.05, 3.63) is 0 Å². The van der Waals surface area contributed by atoms with Crippen molar-refractivity contribution in [2.45, 2.75) is 39.5 Å². The summed E-state index contributed by atoms with van der Waals surface area (Å²) in [6.07, 6.45) is 4.89. The Balaban J connectivity index is 2.42. The van der Waals surface area contributed by atoms with Crippen molar-refractivity contribution in [3.63, 3.8) is 0 Å². The molecule has 1 fully saturated rings. The zero-order chi connectivity index (χ0) is 11.3. The molecule has 0 aromatic rings. The normalized spacial score (nSPS) is 17.7. The van der Waals surface area contributed by atoms with Crippen LogP contribution in [0.2, 0.25) is 0 Å². The topological polar surface area (TPSA) is 23.6 Å². The van der Waals surface area contributed by atoms with Gasteiger partial charge in [-0.1, -0.05) is 26.7 Å². The lowest BCUT2D eigenvalue weighted by Gasteiger charge is -2.28. The number of hydrogen-bond donors (Lipinski definition) is 0. The Morgan fingerprint density at radius 3 is 2.20 bits per heavy atom. The third-order valence-electron chi connectivity index (χ3n) is 2.84. The molecule has 0 N–H and O–H groups in total. The van der Waals surface area contributed by atoms with Crippen LogP contribution in [0.5, 0.6) is 0 Å². The highest BCUT2D eigenvalue weighted by atomic mass is 16.2. The lowest BCUT2D eigenvalue weighted by molar-refractivity contribution is 0.160. The van der Waals surface area contributed by atoms with Crippen molar-refractivity contribution >= 4 is 6.03 Å². The summed E-state index contributed by atoms with van der Waals surface area (Å²) in [5.41, 5.74) is 0. The molecule has 0 spiro atoms. The van der Waals surface area contributed by atoms with Crippen LogP contribution in [0.1, 0.15) is 39.5 Å². The van der Waals surface area contributed by atoms with E-state index in [1.807, 2.05) is 16.8 Å². The Labute approximate surface area is 93.4 Å². The van der Waals surface area contributed by atoms with Crippen LogP contribution < -0.4 is 0 Å². The summed E-state index contributed by atoms with van der Waals surface area (Å²) < 4.78 is 0. The van der Waals surface area contributed by atoms with Crippen LogP contribution in [0.4, 0.5) is 4.79 Å². The molecule has 0 radical (unpaired) electrons. The maximum atomic E-state index is 12.0. The van der Waals surface area contributed by atoms with Crippen LogP contribution in [0, 0.1) is 5.92 Å². The van der Waals surface area contributed by atoms with Crippen molar-refractivity contribution in [3.8, 4) is 0 Å². The summed E-state index contributed by atoms with van der Waals surface area (Å²) in [7, 11) is 1.91. The second kappa shape index (κ2) is 5.99. The summed E-state index contributed by atoms with van der Waals surface area (Å²) in [5.74, 6) is 0.547. The molecule has 1 saturated heterocycles. The Hall–Kier alpha value is -0.730. The Morgan fingerprint density at radius 2 is 1.73 bits per heavy atom. The van der Waals surface area contributed by atoms with Crippen molar-refractivity contribution < 1.29 is 4.79 Å². The number of hydrogen-bond acceptors (Lipinski definition) is 1. The average molecular weight is 212 g/mol. The minimum absolute atomic E-state index is 0.214. The minimum atomic E-state index is 0.214. The average Bonchev–Trinajstić information content (AvgIpc) is 2.43. The number of nitrogens with zero attached hydrogens (tertiary/aromatic N) is 2. The highest BCUT2D eigenvalue weighted by molar-refractivity contribution is 5.74. The standard InChI is InChI=1S/C12H24N2O/c1-11(2)10-13(3)12(15)14-8-6-4-5-7-9-14/h11H,4-10H2,1-3H3. The van der Waals surface area contributed by atoms with Crippen molar-refractivity contribution in [2.24, 2.45) is 5.92 Å². The molecule has 0 aromatic carbocycles. The Morgan fingerprint density at radius 1 is 1.20 bits per heavy atom. The molecule has 0 bridgehead atoms. The first-order valence-electron chi connectivity index (χ1n) is 6.11. The van der Waals surface area contributed by atoms with E-state index in [9.17, 15) is 4.79 Å². The Kier molecular flexibility index (Phi) is 4.92. The van der Waals surface area contributed by atoms with Gasteiger partial charge in [-0.25, -0.2) is 4.79 Å². The number of urea groups is 1. The van der Waals surface area contributed by atoms with E-state index in [0.29, 0.717) is 5.92 Å². The number of amides is 2. The molecular weight excluding hydrogens is 188 g/mol. The predicted octanol–water partition coefficient (Wildman–Crippen LogP) is 2.57. The molecule has 0 unspecified atom stereocenters. The second-order valence-electron chi connectivity index (χ2n) is 4.96. The van der Waals surface area contributed by atoms with Crippen LogP contribution in [0.25, 0.3) is 0 Å². The van der Waals surface area contributed by atoms with Crippen LogP contribution in [0.15, 0.2) is 0 Å². The molecular formula is C12H24N2O. The van der Waals surface area contributed by atoms with Gasteiger partial charge in [0, 0.05) is 26.7 Å². The van der Waals surface area contributed by atoms with Crippen molar-refractivity contribution in [1.82, 2.24) is 9.80 Å². The highest BCUT2D eigenvalue weighted by Gasteiger charge is 2.19. The molecule has 3 nitrogen and oxygen atoms in total. The van der Waals surface area contributed by atoms with Gasteiger partial charge in [0.2, 0.25) is 0 Å². The van der Waals surface area contributed by atoms with E-state index in [2.05, 4.69) is 13.8 Å². The van der Waals surface area contributed by atoms with Gasteiger partial charge >= 0.3 is 6.03 Å². The van der Waals surface area contributed by atoms with Crippen molar-refractivity contribution in [2.75, 3.05) is 26.7 Å². The van der Waals surface area contributed by atoms with Crippen LogP contribution >= 0.6 is 0 Å². The maximum absolute atomic E-state index is 12.0. The molecule has 0 aromatic heterocycles. The van der Waals surface area contributed by atoms with Crippen LogP contribution in [-0.4, -0.2) is 42.5 Å². The monoisotopic (exact) mass is 212 g/mol. The zero-order valence-corrected chi connectivity index (χ0v) is 10.3. The lowest BCUT2D eigenvalue weighted by atomic mass is 10.2. The minimum Gasteiger partial charge on any atom is -0.327 e.